The molecule has 0 saturated carbocycles. The molecule has 0 bridgehead atoms. The summed E-state index contributed by atoms with van der Waals surface area (Å²) in [6, 6.07) is 21.4. The topological polar surface area (TPSA) is 96.0 Å². The van der Waals surface area contributed by atoms with Gasteiger partial charge in [0.15, 0.2) is 0 Å². The molecular weight excluding hydrogens is 526 g/mol. The van der Waals surface area contributed by atoms with Crippen molar-refractivity contribution in [3.8, 4) is 5.75 Å². The van der Waals surface area contributed by atoms with Gasteiger partial charge in [-0.25, -0.2) is 8.42 Å². The lowest BCUT2D eigenvalue weighted by Crippen LogP contribution is -2.51. The predicted octanol–water partition coefficient (Wildman–Crippen LogP) is 4.78. The molecule has 0 heterocycles. The molecule has 0 spiro atoms. The van der Waals surface area contributed by atoms with Gasteiger partial charge >= 0.3 is 0 Å². The molecule has 1 atom stereocenters. The van der Waals surface area contributed by atoms with Crippen LogP contribution in [0.3, 0.4) is 0 Å². The molecule has 3 aromatic rings. The number of amides is 2. The number of nitrogens with one attached hydrogen (secondary N) is 1. The van der Waals surface area contributed by atoms with Crippen molar-refractivity contribution < 1.29 is 22.7 Å². The summed E-state index contributed by atoms with van der Waals surface area (Å²) in [6.07, 6.45) is 0. The van der Waals surface area contributed by atoms with Crippen molar-refractivity contribution in [2.45, 2.75) is 52.1 Å². The zero-order valence-corrected chi connectivity index (χ0v) is 24.6. The second kappa shape index (κ2) is 14.0. The molecule has 40 heavy (non-hydrogen) atoms. The number of anilines is 1. The van der Waals surface area contributed by atoms with Crippen LogP contribution in [0, 0.1) is 12.8 Å². The predicted molar refractivity (Wildman–Crippen MR) is 158 cm³/mol. The van der Waals surface area contributed by atoms with Gasteiger partial charge in [0.1, 0.15) is 18.3 Å². The molecule has 0 aromatic heterocycles. The first kappa shape index (κ1) is 30.7. The van der Waals surface area contributed by atoms with E-state index in [1.54, 1.807) is 49.4 Å². The Bertz CT molecular complexity index is 1360. The third-order valence-corrected chi connectivity index (χ3v) is 8.16. The summed E-state index contributed by atoms with van der Waals surface area (Å²) in [4.78, 5) is 28.5. The fourth-order valence-corrected chi connectivity index (χ4v) is 5.48. The van der Waals surface area contributed by atoms with E-state index in [2.05, 4.69) is 5.32 Å². The molecule has 3 rings (SSSR count). The van der Waals surface area contributed by atoms with E-state index in [-0.39, 0.29) is 23.3 Å². The summed E-state index contributed by atoms with van der Waals surface area (Å²) >= 11 is 0. The van der Waals surface area contributed by atoms with Gasteiger partial charge in [-0.2, -0.15) is 0 Å². The molecular formula is C31H39N3O5S. The summed E-state index contributed by atoms with van der Waals surface area (Å²) in [6.45, 7) is 10.1. The molecule has 0 unspecified atom stereocenters. The second-order valence-electron chi connectivity index (χ2n) is 10.1. The maximum absolute atomic E-state index is 13.9. The lowest BCUT2D eigenvalue weighted by atomic mass is 10.1. The van der Waals surface area contributed by atoms with E-state index in [0.29, 0.717) is 24.6 Å². The van der Waals surface area contributed by atoms with Crippen LogP contribution in [0.5, 0.6) is 5.75 Å². The normalized spacial score (nSPS) is 12.1. The minimum absolute atomic E-state index is 0.0597. The van der Waals surface area contributed by atoms with Crippen molar-refractivity contribution in [2.24, 2.45) is 5.92 Å². The number of carbonyl (C=O) groups excluding carboxylic acids is 2. The van der Waals surface area contributed by atoms with Crippen LogP contribution in [0.4, 0.5) is 5.69 Å². The molecule has 0 aliphatic heterocycles. The Morgan fingerprint density at radius 1 is 0.900 bits per heavy atom. The third kappa shape index (κ3) is 8.08. The summed E-state index contributed by atoms with van der Waals surface area (Å²) in [5.41, 5.74) is 2.22. The van der Waals surface area contributed by atoms with Crippen molar-refractivity contribution in [1.82, 2.24) is 10.2 Å². The molecule has 214 valence electrons. The second-order valence-corrected chi connectivity index (χ2v) is 11.9. The van der Waals surface area contributed by atoms with Crippen molar-refractivity contribution in [3.63, 3.8) is 0 Å². The minimum atomic E-state index is -4.11. The lowest BCUT2D eigenvalue weighted by molar-refractivity contribution is -0.139. The summed E-state index contributed by atoms with van der Waals surface area (Å²) in [7, 11) is -4.11. The fraction of sp³-hybridized carbons (Fsp3) is 0.355. The van der Waals surface area contributed by atoms with Gasteiger partial charge < -0.3 is 15.0 Å². The highest BCUT2D eigenvalue weighted by atomic mass is 32.2. The number of hydrogen-bond donors (Lipinski definition) is 1. The molecule has 9 heteroatoms. The minimum Gasteiger partial charge on any atom is -0.494 e. The Balaban J connectivity index is 1.99. The van der Waals surface area contributed by atoms with Crippen LogP contribution >= 0.6 is 0 Å². The zero-order valence-electron chi connectivity index (χ0n) is 23.8. The summed E-state index contributed by atoms with van der Waals surface area (Å²) in [5, 5.41) is 2.89. The van der Waals surface area contributed by atoms with Crippen molar-refractivity contribution >= 4 is 27.5 Å². The number of sulfonamides is 1. The molecule has 3 aromatic carbocycles. The highest BCUT2D eigenvalue weighted by molar-refractivity contribution is 7.92. The van der Waals surface area contributed by atoms with E-state index in [1.165, 1.54) is 17.0 Å². The van der Waals surface area contributed by atoms with Gasteiger partial charge in [0, 0.05) is 13.1 Å². The van der Waals surface area contributed by atoms with Gasteiger partial charge in [-0.15, -0.1) is 0 Å². The van der Waals surface area contributed by atoms with Crippen molar-refractivity contribution in [1.29, 1.82) is 0 Å². The largest absolute Gasteiger partial charge is 0.494 e. The van der Waals surface area contributed by atoms with E-state index in [9.17, 15) is 18.0 Å². The average molecular weight is 566 g/mol. The molecule has 0 saturated heterocycles. The van der Waals surface area contributed by atoms with E-state index in [0.717, 1.165) is 15.4 Å². The molecule has 0 fully saturated rings. The molecule has 0 aliphatic rings. The molecule has 1 N–H and O–H groups in total. The number of rotatable bonds is 13. The summed E-state index contributed by atoms with van der Waals surface area (Å²) < 4.78 is 34.2. The Labute approximate surface area is 238 Å². The van der Waals surface area contributed by atoms with Crippen LogP contribution in [0.1, 0.15) is 38.8 Å². The maximum atomic E-state index is 13.9. The number of benzene rings is 3. The first-order chi connectivity index (χ1) is 19.0. The first-order valence-corrected chi connectivity index (χ1v) is 14.9. The van der Waals surface area contributed by atoms with Crippen LogP contribution in [-0.2, 0) is 26.2 Å². The number of nitrogens with zero attached hydrogens (tertiary/aromatic N) is 2. The van der Waals surface area contributed by atoms with Crippen LogP contribution < -0.4 is 14.4 Å². The van der Waals surface area contributed by atoms with Crippen LogP contribution in [0.15, 0.2) is 83.8 Å². The van der Waals surface area contributed by atoms with Crippen LogP contribution in [0.25, 0.3) is 0 Å². The van der Waals surface area contributed by atoms with Gasteiger partial charge in [-0.1, -0.05) is 61.9 Å². The molecule has 0 radical (unpaired) electrons. The van der Waals surface area contributed by atoms with Crippen LogP contribution in [0.2, 0.25) is 0 Å². The highest BCUT2D eigenvalue weighted by Crippen LogP contribution is 2.26. The summed E-state index contributed by atoms with van der Waals surface area (Å²) in [5.74, 6) is 0.0310. The number of hydrogen-bond acceptors (Lipinski definition) is 5. The van der Waals surface area contributed by atoms with Crippen molar-refractivity contribution in [3.05, 3.63) is 90.0 Å². The highest BCUT2D eigenvalue weighted by Gasteiger charge is 2.32. The lowest BCUT2D eigenvalue weighted by Gasteiger charge is -2.32. The van der Waals surface area contributed by atoms with Gasteiger partial charge in [-0.3, -0.25) is 13.9 Å². The van der Waals surface area contributed by atoms with E-state index < -0.39 is 28.5 Å². The average Bonchev–Trinajstić information content (AvgIpc) is 2.95. The molecule has 8 nitrogen and oxygen atoms in total. The maximum Gasteiger partial charge on any atom is 0.264 e. The number of carbonyl (C=O) groups is 2. The fourth-order valence-electron chi connectivity index (χ4n) is 4.05. The molecule has 0 aliphatic carbocycles. The van der Waals surface area contributed by atoms with E-state index in [1.807, 2.05) is 52.0 Å². The Hall–Kier alpha value is -3.85. The number of aryl methyl sites for hydroxylation is 1. The molecule has 2 amide bonds. The standard InChI is InChI=1S/C31H39N3O5S/c1-6-39-28-18-16-27(17-19-28)34(40(37,38)29-10-8-7-9-11-29)22-30(35)33(21-26-14-12-24(4)13-15-26)25(5)31(36)32-20-23(2)3/h7-19,23,25H,6,20-22H2,1-5H3,(H,32,36)/t25-/m0/s1. The Kier molecular flexibility index (Phi) is 10.7. The van der Waals surface area contributed by atoms with Gasteiger partial charge in [0.25, 0.3) is 10.0 Å². The third-order valence-electron chi connectivity index (χ3n) is 6.37. The monoisotopic (exact) mass is 565 g/mol. The van der Waals surface area contributed by atoms with Gasteiger partial charge in [-0.05, 0) is 68.7 Å². The first-order valence-electron chi connectivity index (χ1n) is 13.5. The van der Waals surface area contributed by atoms with Gasteiger partial charge in [0.05, 0.1) is 17.2 Å². The van der Waals surface area contributed by atoms with E-state index >= 15 is 0 Å². The number of ether oxygens (including phenoxy) is 1. The zero-order chi connectivity index (χ0) is 29.3. The smallest absolute Gasteiger partial charge is 0.264 e. The van der Waals surface area contributed by atoms with Crippen molar-refractivity contribution in [2.75, 3.05) is 24.0 Å². The Morgan fingerprint density at radius 3 is 2.10 bits per heavy atom. The van der Waals surface area contributed by atoms with E-state index in [4.69, 9.17) is 4.74 Å². The Morgan fingerprint density at radius 2 is 1.52 bits per heavy atom. The SMILES string of the molecule is CCOc1ccc(N(CC(=O)N(Cc2ccc(C)cc2)[C@@H](C)C(=O)NCC(C)C)S(=O)(=O)c2ccccc2)cc1. The van der Waals surface area contributed by atoms with Crippen LogP contribution in [-0.4, -0.2) is 50.9 Å². The quantitative estimate of drug-likeness (QED) is 0.322. The van der Waals surface area contributed by atoms with Gasteiger partial charge in [0.2, 0.25) is 11.8 Å².